The zero-order chi connectivity index (χ0) is 14.3. The van der Waals surface area contributed by atoms with Gasteiger partial charge in [-0.2, -0.15) is 0 Å². The van der Waals surface area contributed by atoms with Gasteiger partial charge in [0.25, 0.3) is 5.56 Å². The quantitative estimate of drug-likeness (QED) is 0.724. The number of piperidine rings is 1. The molecule has 0 atom stereocenters. The first-order valence-electron chi connectivity index (χ1n) is 6.81. The molecule has 108 valence electrons. The van der Waals surface area contributed by atoms with Gasteiger partial charge in [-0.15, -0.1) is 5.10 Å². The van der Waals surface area contributed by atoms with Gasteiger partial charge in [-0.1, -0.05) is 11.6 Å². The summed E-state index contributed by atoms with van der Waals surface area (Å²) in [4.78, 5) is 26.3. The van der Waals surface area contributed by atoms with Crippen LogP contribution < -0.4 is 11.2 Å². The van der Waals surface area contributed by atoms with E-state index in [1.807, 2.05) is 0 Å². The number of aromatic nitrogens is 5. The first kappa shape index (κ1) is 13.0. The fourth-order valence-corrected chi connectivity index (χ4v) is 2.69. The van der Waals surface area contributed by atoms with Crippen LogP contribution in [0, 0.1) is 0 Å². The van der Waals surface area contributed by atoms with E-state index in [0.29, 0.717) is 17.8 Å². The van der Waals surface area contributed by atoms with Crippen LogP contribution in [-0.2, 0) is 20.8 Å². The molecule has 0 bridgehead atoms. The van der Waals surface area contributed by atoms with Crippen molar-refractivity contribution in [1.82, 2.24) is 29.0 Å². The van der Waals surface area contributed by atoms with Crippen LogP contribution in [0.4, 0.5) is 0 Å². The Morgan fingerprint density at radius 2 is 1.75 bits per heavy atom. The lowest BCUT2D eigenvalue weighted by Crippen LogP contribution is -2.38. The molecule has 2 aromatic rings. The van der Waals surface area contributed by atoms with Crippen LogP contribution in [0.1, 0.15) is 19.3 Å². The molecule has 1 fully saturated rings. The zero-order valence-electron chi connectivity index (χ0n) is 11.7. The highest BCUT2D eigenvalue weighted by Crippen LogP contribution is 2.11. The van der Waals surface area contributed by atoms with Crippen LogP contribution in [-0.4, -0.2) is 42.1 Å². The molecular formula is C12H18N6O2. The van der Waals surface area contributed by atoms with Crippen LogP contribution in [0.2, 0.25) is 0 Å². The summed E-state index contributed by atoms with van der Waals surface area (Å²) in [5.41, 5.74) is 0.00733. The van der Waals surface area contributed by atoms with Crippen molar-refractivity contribution in [2.24, 2.45) is 14.1 Å². The lowest BCUT2D eigenvalue weighted by atomic mass is 10.1. The minimum atomic E-state index is -0.382. The van der Waals surface area contributed by atoms with Gasteiger partial charge in [0.15, 0.2) is 11.2 Å². The van der Waals surface area contributed by atoms with Gasteiger partial charge in [-0.25, -0.2) is 9.48 Å². The molecule has 8 heteroatoms. The molecule has 0 aromatic carbocycles. The summed E-state index contributed by atoms with van der Waals surface area (Å²) in [5.74, 6) is 0. The van der Waals surface area contributed by atoms with E-state index in [9.17, 15) is 9.59 Å². The van der Waals surface area contributed by atoms with Gasteiger partial charge in [0.2, 0.25) is 0 Å². The summed E-state index contributed by atoms with van der Waals surface area (Å²) in [5, 5.41) is 8.03. The molecule has 2 aromatic heterocycles. The Kier molecular flexibility index (Phi) is 3.17. The first-order chi connectivity index (χ1) is 9.59. The lowest BCUT2D eigenvalue weighted by molar-refractivity contribution is 0.175. The van der Waals surface area contributed by atoms with Crippen molar-refractivity contribution >= 4 is 11.2 Å². The molecule has 0 amide bonds. The molecule has 0 unspecified atom stereocenters. The SMILES string of the molecule is Cn1c(=O)c2c(nnn2CN2CCCCC2)n(C)c1=O. The molecule has 0 radical (unpaired) electrons. The number of likely N-dealkylation sites (tertiary alicyclic amines) is 1. The van der Waals surface area contributed by atoms with E-state index >= 15 is 0 Å². The summed E-state index contributed by atoms with van der Waals surface area (Å²) >= 11 is 0. The molecule has 20 heavy (non-hydrogen) atoms. The van der Waals surface area contributed by atoms with E-state index in [1.165, 1.54) is 30.9 Å². The number of hydrogen-bond donors (Lipinski definition) is 0. The Hall–Kier alpha value is -1.96. The molecule has 3 heterocycles. The largest absolute Gasteiger partial charge is 0.332 e. The normalized spacial score (nSPS) is 16.9. The Bertz CT molecular complexity index is 750. The standard InChI is InChI=1S/C12H18N6O2/c1-15-10-9(11(19)16(2)12(15)20)18(14-13-10)8-17-6-4-3-5-7-17/h3-8H2,1-2H3. The van der Waals surface area contributed by atoms with Gasteiger partial charge in [-0.3, -0.25) is 18.8 Å². The monoisotopic (exact) mass is 278 g/mol. The third-order valence-electron chi connectivity index (χ3n) is 3.90. The van der Waals surface area contributed by atoms with Crippen molar-refractivity contribution in [3.63, 3.8) is 0 Å². The minimum Gasteiger partial charge on any atom is -0.284 e. The highest BCUT2D eigenvalue weighted by Gasteiger charge is 2.18. The highest BCUT2D eigenvalue weighted by atomic mass is 16.2. The second-order valence-electron chi connectivity index (χ2n) is 5.29. The number of aryl methyl sites for hydroxylation is 1. The lowest BCUT2D eigenvalue weighted by Gasteiger charge is -2.25. The molecular weight excluding hydrogens is 260 g/mol. The van der Waals surface area contributed by atoms with Crippen molar-refractivity contribution in [3.05, 3.63) is 20.8 Å². The van der Waals surface area contributed by atoms with Crippen LogP contribution in [0.15, 0.2) is 9.59 Å². The third-order valence-corrected chi connectivity index (χ3v) is 3.90. The summed E-state index contributed by atoms with van der Waals surface area (Å²) in [7, 11) is 3.08. The third kappa shape index (κ3) is 1.96. The van der Waals surface area contributed by atoms with E-state index in [0.717, 1.165) is 17.7 Å². The predicted octanol–water partition coefficient (Wildman–Crippen LogP) is -0.728. The molecule has 0 spiro atoms. The summed E-state index contributed by atoms with van der Waals surface area (Å²) < 4.78 is 4.05. The van der Waals surface area contributed by atoms with Crippen LogP contribution in [0.25, 0.3) is 11.2 Å². The van der Waals surface area contributed by atoms with Gasteiger partial charge >= 0.3 is 5.69 Å². The van der Waals surface area contributed by atoms with Gasteiger partial charge < -0.3 is 0 Å². The molecule has 1 aliphatic rings. The molecule has 3 rings (SSSR count). The van der Waals surface area contributed by atoms with Crippen molar-refractivity contribution in [2.75, 3.05) is 13.1 Å². The summed E-state index contributed by atoms with van der Waals surface area (Å²) in [6.45, 7) is 2.56. The van der Waals surface area contributed by atoms with Gasteiger partial charge in [-0.05, 0) is 25.9 Å². The molecule has 0 N–H and O–H groups in total. The van der Waals surface area contributed by atoms with E-state index in [1.54, 1.807) is 11.7 Å². The number of rotatable bonds is 2. The topological polar surface area (TPSA) is 78.0 Å². The molecule has 0 saturated carbocycles. The Balaban J connectivity index is 2.09. The van der Waals surface area contributed by atoms with E-state index < -0.39 is 0 Å². The van der Waals surface area contributed by atoms with Crippen molar-refractivity contribution < 1.29 is 0 Å². The van der Waals surface area contributed by atoms with Crippen LogP contribution in [0.3, 0.4) is 0 Å². The van der Waals surface area contributed by atoms with Crippen molar-refractivity contribution in [1.29, 1.82) is 0 Å². The maximum Gasteiger partial charge on any atom is 0.332 e. The Morgan fingerprint density at radius 3 is 2.45 bits per heavy atom. The van der Waals surface area contributed by atoms with Crippen LogP contribution >= 0.6 is 0 Å². The second kappa shape index (κ2) is 4.86. The zero-order valence-corrected chi connectivity index (χ0v) is 11.7. The van der Waals surface area contributed by atoms with Gasteiger partial charge in [0.1, 0.15) is 0 Å². The average molecular weight is 278 g/mol. The minimum absolute atomic E-state index is 0.342. The second-order valence-corrected chi connectivity index (χ2v) is 5.29. The Labute approximate surface area is 115 Å². The summed E-state index contributed by atoms with van der Waals surface area (Å²) in [6.07, 6.45) is 3.59. The maximum absolute atomic E-state index is 12.3. The Morgan fingerprint density at radius 1 is 1.05 bits per heavy atom. The number of hydrogen-bond acceptors (Lipinski definition) is 5. The maximum atomic E-state index is 12.3. The highest BCUT2D eigenvalue weighted by molar-refractivity contribution is 5.68. The van der Waals surface area contributed by atoms with Crippen LogP contribution in [0.5, 0.6) is 0 Å². The first-order valence-corrected chi connectivity index (χ1v) is 6.81. The number of fused-ring (bicyclic) bond motifs is 1. The fourth-order valence-electron chi connectivity index (χ4n) is 2.69. The van der Waals surface area contributed by atoms with E-state index in [2.05, 4.69) is 15.2 Å². The molecule has 8 nitrogen and oxygen atoms in total. The van der Waals surface area contributed by atoms with Crippen molar-refractivity contribution in [3.8, 4) is 0 Å². The smallest absolute Gasteiger partial charge is 0.284 e. The predicted molar refractivity (Wildman–Crippen MR) is 73.4 cm³/mol. The molecule has 0 aliphatic carbocycles. The van der Waals surface area contributed by atoms with E-state index in [-0.39, 0.29) is 11.2 Å². The van der Waals surface area contributed by atoms with Gasteiger partial charge in [0, 0.05) is 14.1 Å². The number of nitrogens with zero attached hydrogens (tertiary/aromatic N) is 6. The van der Waals surface area contributed by atoms with E-state index in [4.69, 9.17) is 0 Å². The van der Waals surface area contributed by atoms with Crippen molar-refractivity contribution in [2.45, 2.75) is 25.9 Å². The fraction of sp³-hybridized carbons (Fsp3) is 0.667. The average Bonchev–Trinajstić information content (AvgIpc) is 2.88. The molecule has 1 saturated heterocycles. The van der Waals surface area contributed by atoms with Gasteiger partial charge in [0.05, 0.1) is 6.67 Å². The molecule has 1 aliphatic heterocycles. The summed E-state index contributed by atoms with van der Waals surface area (Å²) in [6, 6.07) is 0.